The molecular weight excluding hydrogens is 346 g/mol. The molecule has 2 aromatic rings. The normalized spacial score (nSPS) is 14.3. The van der Waals surface area contributed by atoms with Crippen LogP contribution < -0.4 is 15.5 Å². The van der Waals surface area contributed by atoms with Crippen molar-refractivity contribution in [1.82, 2.24) is 15.3 Å². The van der Waals surface area contributed by atoms with Gasteiger partial charge in [0.1, 0.15) is 11.6 Å². The summed E-state index contributed by atoms with van der Waals surface area (Å²) in [6.45, 7) is 3.71. The molecule has 1 aliphatic heterocycles. The number of nitrogens with zero attached hydrogens (tertiary/aromatic N) is 3. The first kappa shape index (κ1) is 18.7. The van der Waals surface area contributed by atoms with Gasteiger partial charge in [-0.05, 0) is 24.7 Å². The number of thioether (sulfide) groups is 1. The second-order valence-electron chi connectivity index (χ2n) is 6.22. The van der Waals surface area contributed by atoms with Crippen molar-refractivity contribution < 1.29 is 4.79 Å². The van der Waals surface area contributed by atoms with Gasteiger partial charge >= 0.3 is 0 Å². The summed E-state index contributed by atoms with van der Waals surface area (Å²) in [6.07, 6.45) is 4.15. The van der Waals surface area contributed by atoms with Crippen molar-refractivity contribution in [2.24, 2.45) is 0 Å². The highest BCUT2D eigenvalue weighted by atomic mass is 32.2. The Morgan fingerprint density at radius 1 is 1.23 bits per heavy atom. The van der Waals surface area contributed by atoms with Crippen molar-refractivity contribution in [1.29, 1.82) is 0 Å². The highest BCUT2D eigenvalue weighted by molar-refractivity contribution is 7.98. The number of carbonyl (C=O) groups excluding carboxylic acids is 1. The second-order valence-corrected chi connectivity index (χ2v) is 7.00. The van der Waals surface area contributed by atoms with E-state index in [1.165, 1.54) is 17.3 Å². The van der Waals surface area contributed by atoms with Crippen molar-refractivity contribution in [2.75, 3.05) is 42.7 Å². The largest absolute Gasteiger partial charge is 0.354 e. The zero-order valence-electron chi connectivity index (χ0n) is 15.1. The van der Waals surface area contributed by atoms with Gasteiger partial charge in [-0.3, -0.25) is 4.79 Å². The van der Waals surface area contributed by atoms with Crippen LogP contribution in [0.25, 0.3) is 0 Å². The average Bonchev–Trinajstić information content (AvgIpc) is 2.69. The van der Waals surface area contributed by atoms with Crippen LogP contribution in [-0.2, 0) is 11.2 Å². The van der Waals surface area contributed by atoms with Crippen molar-refractivity contribution in [3.05, 3.63) is 42.0 Å². The minimum atomic E-state index is -0.00190. The Morgan fingerprint density at radius 2 is 2.00 bits per heavy atom. The first-order chi connectivity index (χ1) is 12.7. The molecule has 7 heteroatoms. The van der Waals surface area contributed by atoms with Gasteiger partial charge in [0, 0.05) is 38.7 Å². The quantitative estimate of drug-likeness (QED) is 0.576. The van der Waals surface area contributed by atoms with Gasteiger partial charge < -0.3 is 15.5 Å². The number of hydrogen-bond acceptors (Lipinski definition) is 6. The second kappa shape index (κ2) is 9.54. The van der Waals surface area contributed by atoms with E-state index >= 15 is 0 Å². The molecular formula is C19H25N5OS. The van der Waals surface area contributed by atoms with Crippen molar-refractivity contribution in [2.45, 2.75) is 24.4 Å². The van der Waals surface area contributed by atoms with Gasteiger partial charge in [-0.2, -0.15) is 0 Å². The van der Waals surface area contributed by atoms with Crippen molar-refractivity contribution in [3.8, 4) is 0 Å². The number of anilines is 2. The Hall–Kier alpha value is -2.12. The van der Waals surface area contributed by atoms with E-state index < -0.39 is 0 Å². The lowest BCUT2D eigenvalue weighted by atomic mass is 10.1. The maximum Gasteiger partial charge on any atom is 0.225 e. The van der Waals surface area contributed by atoms with Crippen LogP contribution in [-0.4, -0.2) is 48.3 Å². The number of hydrogen-bond donors (Lipinski definition) is 2. The van der Waals surface area contributed by atoms with Gasteiger partial charge in [0.2, 0.25) is 5.91 Å². The smallest absolute Gasteiger partial charge is 0.225 e. The molecule has 2 heterocycles. The summed E-state index contributed by atoms with van der Waals surface area (Å²) in [5.41, 5.74) is 1.26. The third-order valence-corrected chi connectivity index (χ3v) is 4.84. The molecule has 0 spiro atoms. The molecule has 3 rings (SSSR count). The minimum absolute atomic E-state index is 0.00190. The number of benzene rings is 1. The first-order valence-electron chi connectivity index (χ1n) is 8.97. The van der Waals surface area contributed by atoms with Crippen LogP contribution in [0.2, 0.25) is 0 Å². The van der Waals surface area contributed by atoms with Gasteiger partial charge in [0.15, 0.2) is 5.16 Å². The van der Waals surface area contributed by atoms with Crippen LogP contribution >= 0.6 is 11.8 Å². The summed E-state index contributed by atoms with van der Waals surface area (Å²) in [5, 5.41) is 6.95. The highest BCUT2D eigenvalue weighted by Gasteiger charge is 2.15. The maximum atomic E-state index is 12.3. The SMILES string of the molecule is CSc1nc(NC(=O)CCCc2ccccc2)cc(N2CCNCC2)n1. The minimum Gasteiger partial charge on any atom is -0.354 e. The zero-order chi connectivity index (χ0) is 18.2. The molecule has 1 saturated heterocycles. The fourth-order valence-corrected chi connectivity index (χ4v) is 3.30. The molecule has 0 aliphatic carbocycles. The van der Waals surface area contributed by atoms with Gasteiger partial charge in [-0.1, -0.05) is 42.1 Å². The number of piperazine rings is 1. The Morgan fingerprint density at radius 3 is 2.73 bits per heavy atom. The van der Waals surface area contributed by atoms with E-state index in [4.69, 9.17) is 0 Å². The Labute approximate surface area is 158 Å². The van der Waals surface area contributed by atoms with E-state index in [-0.39, 0.29) is 5.91 Å². The molecule has 0 radical (unpaired) electrons. The molecule has 1 aliphatic rings. The third kappa shape index (κ3) is 5.44. The predicted molar refractivity (Wildman–Crippen MR) is 107 cm³/mol. The van der Waals surface area contributed by atoms with Crippen LogP contribution in [0.5, 0.6) is 0 Å². The van der Waals surface area contributed by atoms with Crippen LogP contribution in [0, 0.1) is 0 Å². The average molecular weight is 372 g/mol. The molecule has 1 aromatic heterocycles. The zero-order valence-corrected chi connectivity index (χ0v) is 15.9. The number of aryl methyl sites for hydroxylation is 1. The lowest BCUT2D eigenvalue weighted by Crippen LogP contribution is -2.44. The van der Waals surface area contributed by atoms with Crippen molar-refractivity contribution in [3.63, 3.8) is 0 Å². The number of nitrogens with one attached hydrogen (secondary N) is 2. The van der Waals surface area contributed by atoms with Gasteiger partial charge in [-0.25, -0.2) is 9.97 Å². The summed E-state index contributed by atoms with van der Waals surface area (Å²) in [4.78, 5) is 23.5. The highest BCUT2D eigenvalue weighted by Crippen LogP contribution is 2.21. The van der Waals surface area contributed by atoms with E-state index in [0.29, 0.717) is 17.4 Å². The van der Waals surface area contributed by atoms with Crippen LogP contribution in [0.1, 0.15) is 18.4 Å². The maximum absolute atomic E-state index is 12.3. The number of aromatic nitrogens is 2. The standard InChI is InChI=1S/C19H25N5OS/c1-26-19-22-16(14-17(23-19)24-12-10-20-11-13-24)21-18(25)9-5-8-15-6-3-2-4-7-15/h2-4,6-7,14,20H,5,8-13H2,1H3,(H,21,22,23,25). The lowest BCUT2D eigenvalue weighted by Gasteiger charge is -2.28. The molecule has 138 valence electrons. The lowest BCUT2D eigenvalue weighted by molar-refractivity contribution is -0.116. The van der Waals surface area contributed by atoms with Crippen molar-refractivity contribution >= 4 is 29.3 Å². The molecule has 0 bridgehead atoms. The van der Waals surface area contributed by atoms with E-state index in [2.05, 4.69) is 37.6 Å². The third-order valence-electron chi connectivity index (χ3n) is 4.30. The fraction of sp³-hybridized carbons (Fsp3) is 0.421. The summed E-state index contributed by atoms with van der Waals surface area (Å²) >= 11 is 1.49. The molecule has 1 aromatic carbocycles. The van der Waals surface area contributed by atoms with E-state index in [0.717, 1.165) is 44.8 Å². The van der Waals surface area contributed by atoms with Gasteiger partial charge in [-0.15, -0.1) is 0 Å². The number of amides is 1. The molecule has 1 fully saturated rings. The molecule has 0 saturated carbocycles. The Kier molecular flexibility index (Phi) is 6.85. The monoisotopic (exact) mass is 371 g/mol. The number of carbonyl (C=O) groups is 1. The van der Waals surface area contributed by atoms with E-state index in [1.54, 1.807) is 0 Å². The molecule has 26 heavy (non-hydrogen) atoms. The molecule has 1 amide bonds. The predicted octanol–water partition coefficient (Wildman–Crippen LogP) is 2.57. The van der Waals surface area contributed by atoms with Crippen LogP contribution in [0.3, 0.4) is 0 Å². The molecule has 6 nitrogen and oxygen atoms in total. The summed E-state index contributed by atoms with van der Waals surface area (Å²) in [6, 6.07) is 12.1. The van der Waals surface area contributed by atoms with Gasteiger partial charge in [0.25, 0.3) is 0 Å². The van der Waals surface area contributed by atoms with E-state index in [1.807, 2.05) is 30.5 Å². The first-order valence-corrected chi connectivity index (χ1v) is 10.2. The molecule has 2 N–H and O–H groups in total. The number of rotatable bonds is 7. The summed E-state index contributed by atoms with van der Waals surface area (Å²) in [5.74, 6) is 1.46. The fourth-order valence-electron chi connectivity index (χ4n) is 2.93. The summed E-state index contributed by atoms with van der Waals surface area (Å²) in [7, 11) is 0. The summed E-state index contributed by atoms with van der Waals surface area (Å²) < 4.78 is 0. The Balaban J connectivity index is 1.58. The molecule has 0 atom stereocenters. The van der Waals surface area contributed by atoms with Gasteiger partial charge in [0.05, 0.1) is 0 Å². The Bertz CT molecular complexity index is 719. The topological polar surface area (TPSA) is 70.2 Å². The molecule has 0 unspecified atom stereocenters. The van der Waals surface area contributed by atoms with Crippen LogP contribution in [0.15, 0.2) is 41.6 Å². The van der Waals surface area contributed by atoms with Crippen LogP contribution in [0.4, 0.5) is 11.6 Å². The van der Waals surface area contributed by atoms with E-state index in [9.17, 15) is 4.79 Å².